The molecule has 7 heteroatoms. The van der Waals surface area contributed by atoms with Crippen molar-refractivity contribution in [1.29, 1.82) is 0 Å². The van der Waals surface area contributed by atoms with Gasteiger partial charge in [-0.1, -0.05) is 65.8 Å². The van der Waals surface area contributed by atoms with Crippen molar-refractivity contribution < 1.29 is 24.2 Å². The van der Waals surface area contributed by atoms with Crippen LogP contribution >= 0.6 is 0 Å². The van der Waals surface area contributed by atoms with Crippen molar-refractivity contribution in [3.63, 3.8) is 0 Å². The highest BCUT2D eigenvalue weighted by Gasteiger charge is 2.22. The van der Waals surface area contributed by atoms with Gasteiger partial charge < -0.3 is 15.1 Å². The van der Waals surface area contributed by atoms with Crippen LogP contribution in [-0.2, 0) is 0 Å². The number of halogens is 1. The van der Waals surface area contributed by atoms with E-state index in [1.165, 1.54) is 12.3 Å². The summed E-state index contributed by atoms with van der Waals surface area (Å²) in [6.45, 7) is 3.84. The Labute approximate surface area is 208 Å². The molecule has 0 spiro atoms. The predicted octanol–water partition coefficient (Wildman–Crippen LogP) is 6.96. The number of aromatic nitrogens is 1. The summed E-state index contributed by atoms with van der Waals surface area (Å²) in [4.78, 5) is 14.4. The Balaban J connectivity index is 1.68. The third-order valence-electron chi connectivity index (χ3n) is 6.17. The van der Waals surface area contributed by atoms with Gasteiger partial charge in [-0.05, 0) is 59.4 Å². The summed E-state index contributed by atoms with van der Waals surface area (Å²) in [7, 11) is 0. The summed E-state index contributed by atoms with van der Waals surface area (Å²) in [6.07, 6.45) is 0.428. The molecule has 1 aromatic heterocycles. The van der Waals surface area contributed by atoms with Crippen molar-refractivity contribution in [3.05, 3.63) is 119 Å². The first-order valence-corrected chi connectivity index (χ1v) is 11.4. The molecule has 0 bridgehead atoms. The van der Waals surface area contributed by atoms with Gasteiger partial charge in [-0.25, -0.2) is 9.78 Å². The van der Waals surface area contributed by atoms with Gasteiger partial charge in [0.1, 0.15) is 5.75 Å². The van der Waals surface area contributed by atoms with E-state index in [0.29, 0.717) is 17.7 Å². The van der Waals surface area contributed by atoms with E-state index in [1.54, 1.807) is 31.2 Å². The van der Waals surface area contributed by atoms with Crippen molar-refractivity contribution >= 4 is 11.9 Å². The Kier molecular flexibility index (Phi) is 7.39. The zero-order valence-corrected chi connectivity index (χ0v) is 19.9. The van der Waals surface area contributed by atoms with E-state index in [-0.39, 0.29) is 11.7 Å². The molecule has 1 atom stereocenters. The lowest BCUT2D eigenvalue weighted by Crippen LogP contribution is -2.13. The molecule has 0 fully saturated rings. The average Bonchev–Trinajstić information content (AvgIpc) is 2.87. The Hall–Kier alpha value is -4.52. The fourth-order valence-corrected chi connectivity index (χ4v) is 4.32. The second-order valence-electron chi connectivity index (χ2n) is 8.50. The summed E-state index contributed by atoms with van der Waals surface area (Å²) >= 11 is 0. The zero-order chi connectivity index (χ0) is 25.7. The van der Waals surface area contributed by atoms with Crippen LogP contribution in [0.15, 0.2) is 90.2 Å². The van der Waals surface area contributed by atoms with Crippen molar-refractivity contribution in [3.8, 4) is 16.9 Å². The Morgan fingerprint density at radius 2 is 1.61 bits per heavy atom. The van der Waals surface area contributed by atoms with Crippen molar-refractivity contribution in [2.45, 2.75) is 26.2 Å². The highest BCUT2D eigenvalue weighted by atomic mass is 19.1. The Morgan fingerprint density at radius 1 is 0.972 bits per heavy atom. The van der Waals surface area contributed by atoms with E-state index < -0.39 is 12.1 Å². The number of carboxylic acid groups (broad SMARTS) is 1. The quantitative estimate of drug-likeness (QED) is 0.0739. The largest absolute Gasteiger partial charge is 0.511 e. The molecule has 0 radical (unpaired) electrons. The molecule has 36 heavy (non-hydrogen) atoms. The third kappa shape index (κ3) is 5.58. The molecule has 4 aromatic rings. The molecule has 1 unspecified atom stereocenters. The smallest absolute Gasteiger partial charge is 0.449 e. The zero-order valence-electron chi connectivity index (χ0n) is 19.9. The van der Waals surface area contributed by atoms with Crippen LogP contribution in [0, 0.1) is 19.8 Å². The van der Waals surface area contributed by atoms with Crippen LogP contribution in [0.4, 0.5) is 9.18 Å². The maximum Gasteiger partial charge on any atom is 0.511 e. The fraction of sp³-hybridized carbons (Fsp3) is 0.138. The number of aryl methyl sites for hydroxylation is 2. The van der Waals surface area contributed by atoms with Gasteiger partial charge in [0.2, 0.25) is 5.95 Å². The lowest BCUT2D eigenvalue weighted by atomic mass is 9.82. The monoisotopic (exact) mass is 484 g/mol. The van der Waals surface area contributed by atoms with Gasteiger partial charge in [0, 0.05) is 30.2 Å². The van der Waals surface area contributed by atoms with E-state index in [4.69, 9.17) is 5.11 Å². The molecule has 0 aliphatic rings. The van der Waals surface area contributed by atoms with Crippen LogP contribution in [0.3, 0.4) is 0 Å². The van der Waals surface area contributed by atoms with Crippen LogP contribution in [0.1, 0.15) is 40.2 Å². The van der Waals surface area contributed by atoms with Gasteiger partial charge in [0.15, 0.2) is 0 Å². The first-order chi connectivity index (χ1) is 17.4. The van der Waals surface area contributed by atoms with E-state index in [0.717, 1.165) is 33.4 Å². The van der Waals surface area contributed by atoms with Gasteiger partial charge >= 0.3 is 6.16 Å². The minimum absolute atomic E-state index is 0.145. The van der Waals surface area contributed by atoms with E-state index in [2.05, 4.69) is 14.9 Å². The fourth-order valence-electron chi connectivity index (χ4n) is 4.32. The number of pyridine rings is 1. The number of rotatable bonds is 7. The van der Waals surface area contributed by atoms with Crippen LogP contribution < -0.4 is 4.74 Å². The average molecular weight is 485 g/mol. The summed E-state index contributed by atoms with van der Waals surface area (Å²) in [5, 5.41) is 22.2. The number of nitrogens with zero attached hydrogens (tertiary/aromatic N) is 2. The minimum atomic E-state index is -1.36. The topological polar surface area (TPSA) is 92.0 Å². The minimum Gasteiger partial charge on any atom is -0.449 e. The molecule has 182 valence electrons. The summed E-state index contributed by atoms with van der Waals surface area (Å²) in [6, 6.07) is 24.1. The molecule has 6 nitrogen and oxygen atoms in total. The molecule has 3 aromatic carbocycles. The molecular formula is C29H25FN2O4. The standard InChI is InChI=1S/C29H25FN2O4/c1-18-5-3-4-6-24(18)26(15-27(32-35)25-16-28(30)31-17-19(25)2)22-9-7-20(8-10-22)21-11-13-23(14-12-21)36-29(33)34/h3-14,16-17,26,35H,15H2,1-2H3,(H,33,34). The second-order valence-corrected chi connectivity index (χ2v) is 8.50. The lowest BCUT2D eigenvalue weighted by molar-refractivity contribution is 0.144. The van der Waals surface area contributed by atoms with Gasteiger partial charge in [-0.15, -0.1) is 0 Å². The first-order valence-electron chi connectivity index (χ1n) is 11.4. The molecule has 0 aliphatic carbocycles. The van der Waals surface area contributed by atoms with Crippen molar-refractivity contribution in [2.75, 3.05) is 0 Å². The van der Waals surface area contributed by atoms with Gasteiger partial charge in [-0.2, -0.15) is 4.39 Å². The number of hydrogen-bond donors (Lipinski definition) is 2. The van der Waals surface area contributed by atoms with E-state index in [9.17, 15) is 14.4 Å². The summed E-state index contributed by atoms with van der Waals surface area (Å²) in [5.74, 6) is -0.525. The van der Waals surface area contributed by atoms with E-state index >= 15 is 0 Å². The SMILES string of the molecule is Cc1cnc(F)cc1C(CC(c1ccc(-c2ccc(OC(=O)O)cc2)cc1)c1ccccc1C)=NO. The van der Waals surface area contributed by atoms with Crippen LogP contribution in [0.5, 0.6) is 5.75 Å². The molecule has 2 N–H and O–H groups in total. The second kappa shape index (κ2) is 10.8. The van der Waals surface area contributed by atoms with Crippen LogP contribution in [0.2, 0.25) is 0 Å². The Bertz CT molecular complexity index is 1400. The summed E-state index contributed by atoms with van der Waals surface area (Å²) in [5.41, 5.74) is 6.65. The molecule has 4 rings (SSSR count). The number of hydrogen-bond acceptors (Lipinski definition) is 5. The molecule has 0 saturated carbocycles. The van der Waals surface area contributed by atoms with Crippen LogP contribution in [0.25, 0.3) is 11.1 Å². The van der Waals surface area contributed by atoms with Crippen molar-refractivity contribution in [1.82, 2.24) is 4.98 Å². The number of oxime groups is 1. The Morgan fingerprint density at radius 3 is 2.22 bits per heavy atom. The molecule has 0 saturated heterocycles. The van der Waals surface area contributed by atoms with Gasteiger partial charge in [0.25, 0.3) is 0 Å². The summed E-state index contributed by atoms with van der Waals surface area (Å²) < 4.78 is 18.6. The lowest BCUT2D eigenvalue weighted by Gasteiger charge is -2.22. The van der Waals surface area contributed by atoms with Crippen molar-refractivity contribution in [2.24, 2.45) is 5.16 Å². The molecule has 0 aliphatic heterocycles. The first kappa shape index (κ1) is 24.6. The van der Waals surface area contributed by atoms with Gasteiger partial charge in [0.05, 0.1) is 5.71 Å². The molecule has 1 heterocycles. The highest BCUT2D eigenvalue weighted by molar-refractivity contribution is 6.02. The van der Waals surface area contributed by atoms with Gasteiger partial charge in [-0.3, -0.25) is 0 Å². The maximum absolute atomic E-state index is 13.9. The molecular weight excluding hydrogens is 459 g/mol. The highest BCUT2D eigenvalue weighted by Crippen LogP contribution is 2.34. The predicted molar refractivity (Wildman–Crippen MR) is 135 cm³/mol. The van der Waals surface area contributed by atoms with Crippen LogP contribution in [-0.4, -0.2) is 27.2 Å². The number of carbonyl (C=O) groups is 1. The number of benzene rings is 3. The third-order valence-corrected chi connectivity index (χ3v) is 6.17. The molecule has 0 amide bonds. The van der Waals surface area contributed by atoms with E-state index in [1.807, 2.05) is 55.5 Å². The number of ether oxygens (including phenoxy) is 1. The normalized spacial score (nSPS) is 12.2. The maximum atomic E-state index is 13.9.